The van der Waals surface area contributed by atoms with Crippen LogP contribution in [0, 0.1) is 0 Å². The van der Waals surface area contributed by atoms with E-state index in [9.17, 15) is 0 Å². The second kappa shape index (κ2) is 12.1. The van der Waals surface area contributed by atoms with Crippen LogP contribution in [0.25, 0.3) is 0 Å². The number of rotatable bonds is 0. The van der Waals surface area contributed by atoms with Crippen LogP contribution in [0.2, 0.25) is 0 Å². The van der Waals surface area contributed by atoms with Crippen molar-refractivity contribution < 1.29 is 78.6 Å². The van der Waals surface area contributed by atoms with Crippen LogP contribution in [0.3, 0.4) is 0 Å². The van der Waals surface area contributed by atoms with Gasteiger partial charge >= 0.3 is 39.0 Å². The van der Waals surface area contributed by atoms with Crippen molar-refractivity contribution in [1.29, 1.82) is 0 Å². The van der Waals surface area contributed by atoms with E-state index in [0.29, 0.717) is 0 Å². The summed E-state index contributed by atoms with van der Waals surface area (Å²) in [5.41, 5.74) is 0. The number of carboxylic acid groups (broad SMARTS) is 4. The summed E-state index contributed by atoms with van der Waals surface area (Å²) in [4.78, 5) is 35.7. The molecule has 0 atom stereocenters. The molecule has 0 aromatic carbocycles. The predicted molar refractivity (Wildman–Crippen MR) is 20.0 cm³/mol. The number of carbonyl (C=O) groups excluding carboxylic acids is 4. The molecular formula is C4O8Zn2. The van der Waals surface area contributed by atoms with E-state index >= 15 is 0 Å². The molecule has 0 aromatic heterocycles. The molecule has 0 bridgehead atoms. The minimum absolute atomic E-state index is 0. The van der Waals surface area contributed by atoms with Gasteiger partial charge in [0, 0.05) is 0 Å². The van der Waals surface area contributed by atoms with Gasteiger partial charge < -0.3 is 39.6 Å². The van der Waals surface area contributed by atoms with E-state index in [2.05, 4.69) is 0 Å². The Morgan fingerprint density at radius 3 is 0.571 bits per heavy atom. The minimum atomic E-state index is -2.19. The second-order valence-electron chi connectivity index (χ2n) is 1.15. The summed E-state index contributed by atoms with van der Waals surface area (Å²) in [7, 11) is 0. The molecule has 68 valence electrons. The Hall–Kier alpha value is -0.873. The van der Waals surface area contributed by atoms with Gasteiger partial charge in [-0.05, 0) is 0 Å². The Kier molecular flexibility index (Phi) is 20.1. The summed E-state index contributed by atoms with van der Waals surface area (Å²) in [5.74, 6) is -8.74. The summed E-state index contributed by atoms with van der Waals surface area (Å²) in [6, 6.07) is 0. The predicted octanol–water partition coefficient (Wildman–Crippen LogP) is -7.03. The first-order valence-electron chi connectivity index (χ1n) is 2.13. The van der Waals surface area contributed by atoms with Gasteiger partial charge in [0.25, 0.3) is 0 Å². The van der Waals surface area contributed by atoms with Crippen LogP contribution in [0.15, 0.2) is 0 Å². The van der Waals surface area contributed by atoms with Gasteiger partial charge in [0.1, 0.15) is 0 Å². The Labute approximate surface area is 102 Å². The SMILES string of the molecule is O=C([O-])C(=O)[O-].O=C([O-])C(=O)[O-].[Zn+2].[Zn+2]. The normalized spacial score (nSPS) is 6.29. The number of hydrogen-bond acceptors (Lipinski definition) is 8. The van der Waals surface area contributed by atoms with Crippen LogP contribution < -0.4 is 20.4 Å². The zero-order chi connectivity index (χ0) is 10.3. The first-order valence-corrected chi connectivity index (χ1v) is 2.13. The van der Waals surface area contributed by atoms with Gasteiger partial charge in [-0.3, -0.25) is 0 Å². The summed E-state index contributed by atoms with van der Waals surface area (Å²) in [6.45, 7) is 0. The maximum Gasteiger partial charge on any atom is 2.00 e. The van der Waals surface area contributed by atoms with E-state index in [1.807, 2.05) is 0 Å². The minimum Gasteiger partial charge on any atom is -0.543 e. The third-order valence-corrected chi connectivity index (χ3v) is 0.333. The molecule has 0 unspecified atom stereocenters. The molecule has 0 aliphatic carbocycles. The first kappa shape index (κ1) is 23.2. The molecule has 0 aromatic rings. The summed E-state index contributed by atoms with van der Waals surface area (Å²) < 4.78 is 0. The van der Waals surface area contributed by atoms with Gasteiger partial charge in [-0.2, -0.15) is 0 Å². The number of carboxylic acids is 4. The van der Waals surface area contributed by atoms with Gasteiger partial charge in [0.15, 0.2) is 0 Å². The van der Waals surface area contributed by atoms with Crippen molar-refractivity contribution in [2.75, 3.05) is 0 Å². The maximum atomic E-state index is 8.93. The molecule has 0 amide bonds. The molecule has 0 aliphatic rings. The zero-order valence-electron chi connectivity index (χ0n) is 6.68. The summed E-state index contributed by atoms with van der Waals surface area (Å²) >= 11 is 0. The van der Waals surface area contributed by atoms with Gasteiger partial charge in [-0.1, -0.05) is 0 Å². The van der Waals surface area contributed by atoms with Gasteiger partial charge in [-0.25, -0.2) is 0 Å². The van der Waals surface area contributed by atoms with Gasteiger partial charge in [0.05, 0.1) is 23.9 Å². The van der Waals surface area contributed by atoms with Crippen LogP contribution in [0.1, 0.15) is 0 Å². The van der Waals surface area contributed by atoms with Crippen LogP contribution in [-0.2, 0) is 58.1 Å². The molecule has 0 aliphatic heterocycles. The molecule has 8 nitrogen and oxygen atoms in total. The molecule has 0 heterocycles. The van der Waals surface area contributed by atoms with E-state index in [1.54, 1.807) is 0 Å². The molecule has 0 spiro atoms. The van der Waals surface area contributed by atoms with Crippen LogP contribution >= 0.6 is 0 Å². The Balaban J connectivity index is -0.0000000625. The monoisotopic (exact) mass is 304 g/mol. The topological polar surface area (TPSA) is 161 Å². The van der Waals surface area contributed by atoms with Gasteiger partial charge in [-0.15, -0.1) is 0 Å². The average Bonchev–Trinajstić information content (AvgIpc) is 1.88. The molecule has 0 N–H and O–H groups in total. The molecule has 0 radical (unpaired) electrons. The van der Waals surface area contributed by atoms with E-state index in [-0.39, 0.29) is 39.0 Å². The fourth-order valence-electron chi connectivity index (χ4n) is 0. The van der Waals surface area contributed by atoms with E-state index in [4.69, 9.17) is 39.6 Å². The number of aliphatic carboxylic acids is 4. The molecule has 0 saturated carbocycles. The van der Waals surface area contributed by atoms with Crippen molar-refractivity contribution in [3.05, 3.63) is 0 Å². The molecule has 14 heavy (non-hydrogen) atoms. The number of carbonyl (C=O) groups is 4. The van der Waals surface area contributed by atoms with Crippen LogP contribution in [0.4, 0.5) is 0 Å². The Morgan fingerprint density at radius 1 is 0.500 bits per heavy atom. The molecule has 0 fully saturated rings. The van der Waals surface area contributed by atoms with Crippen molar-refractivity contribution >= 4 is 23.9 Å². The first-order chi connectivity index (χ1) is 5.29. The van der Waals surface area contributed by atoms with E-state index in [0.717, 1.165) is 0 Å². The Bertz CT molecular complexity index is 175. The maximum absolute atomic E-state index is 8.93. The van der Waals surface area contributed by atoms with Crippen molar-refractivity contribution in [2.24, 2.45) is 0 Å². The Morgan fingerprint density at radius 2 is 0.571 bits per heavy atom. The second-order valence-corrected chi connectivity index (χ2v) is 1.15. The van der Waals surface area contributed by atoms with E-state index in [1.165, 1.54) is 0 Å². The largest absolute Gasteiger partial charge is 2.00 e. The third kappa shape index (κ3) is 22.5. The summed E-state index contributed by atoms with van der Waals surface area (Å²) in [6.07, 6.45) is 0. The van der Waals surface area contributed by atoms with Crippen molar-refractivity contribution in [2.45, 2.75) is 0 Å². The molecule has 0 rings (SSSR count). The van der Waals surface area contributed by atoms with Gasteiger partial charge in [0.2, 0.25) is 0 Å². The van der Waals surface area contributed by atoms with Crippen molar-refractivity contribution in [3.8, 4) is 0 Å². The quantitative estimate of drug-likeness (QED) is 0.315. The smallest absolute Gasteiger partial charge is 0.543 e. The molecule has 0 saturated heterocycles. The van der Waals surface area contributed by atoms with E-state index < -0.39 is 23.9 Å². The molecular weight excluding hydrogens is 307 g/mol. The standard InChI is InChI=1S/2C2H2O4.2Zn/c2*3-1(4)2(5)6;;/h2*(H,3,4)(H,5,6);;/q;;2*+2/p-4. The van der Waals surface area contributed by atoms with Crippen molar-refractivity contribution in [1.82, 2.24) is 0 Å². The fourth-order valence-corrected chi connectivity index (χ4v) is 0. The zero-order valence-corrected chi connectivity index (χ0v) is 12.6. The molecule has 10 heteroatoms. The van der Waals surface area contributed by atoms with Crippen LogP contribution in [-0.4, -0.2) is 23.9 Å². The van der Waals surface area contributed by atoms with Crippen molar-refractivity contribution in [3.63, 3.8) is 0 Å². The summed E-state index contributed by atoms with van der Waals surface area (Å²) in [5, 5.41) is 35.7. The average molecular weight is 307 g/mol. The number of hydrogen-bond donors (Lipinski definition) is 0. The fraction of sp³-hybridized carbons (Fsp3) is 0. The third-order valence-electron chi connectivity index (χ3n) is 0.333. The van der Waals surface area contributed by atoms with Crippen LogP contribution in [0.5, 0.6) is 0 Å².